The summed E-state index contributed by atoms with van der Waals surface area (Å²) >= 11 is 0. The summed E-state index contributed by atoms with van der Waals surface area (Å²) < 4.78 is 2.14. The van der Waals surface area contributed by atoms with Gasteiger partial charge in [0.25, 0.3) is 5.91 Å². The smallest absolute Gasteiger partial charge is 0.255 e. The van der Waals surface area contributed by atoms with Crippen LogP contribution in [0, 0.1) is 20.8 Å². The van der Waals surface area contributed by atoms with Crippen LogP contribution in [0.15, 0.2) is 60.7 Å². The van der Waals surface area contributed by atoms with Gasteiger partial charge in [-0.15, -0.1) is 0 Å². The normalized spacial score (nSPS) is 15.8. The Bertz CT molecular complexity index is 1060. The van der Waals surface area contributed by atoms with Crippen molar-refractivity contribution in [3.63, 3.8) is 0 Å². The molecule has 154 valence electrons. The number of aromatic nitrogens is 1. The van der Waals surface area contributed by atoms with E-state index in [2.05, 4.69) is 35.8 Å². The van der Waals surface area contributed by atoms with E-state index in [1.54, 1.807) is 0 Å². The van der Waals surface area contributed by atoms with Crippen molar-refractivity contribution < 1.29 is 9.59 Å². The van der Waals surface area contributed by atoms with Gasteiger partial charge in [0.15, 0.2) is 0 Å². The molecule has 0 aliphatic carbocycles. The third-order valence-corrected chi connectivity index (χ3v) is 6.47. The molecule has 0 spiro atoms. The number of amides is 1. The van der Waals surface area contributed by atoms with Gasteiger partial charge in [-0.3, -0.25) is 4.79 Å². The van der Waals surface area contributed by atoms with Crippen molar-refractivity contribution in [3.05, 3.63) is 88.7 Å². The summed E-state index contributed by atoms with van der Waals surface area (Å²) in [6.07, 6.45) is 2.39. The molecular weight excluding hydrogens is 372 g/mol. The van der Waals surface area contributed by atoms with Gasteiger partial charge in [-0.2, -0.15) is 0 Å². The highest BCUT2D eigenvalue weighted by Gasteiger charge is 2.37. The van der Waals surface area contributed by atoms with E-state index in [0.717, 1.165) is 34.5 Å². The van der Waals surface area contributed by atoms with Gasteiger partial charge in [-0.1, -0.05) is 48.0 Å². The molecule has 0 radical (unpaired) electrons. The van der Waals surface area contributed by atoms with Crippen molar-refractivity contribution in [2.45, 2.75) is 39.0 Å². The highest BCUT2D eigenvalue weighted by atomic mass is 16.2. The average Bonchev–Trinajstić information content (AvgIpc) is 3.08. The molecule has 0 N–H and O–H groups in total. The number of carbonyl (C=O) groups excluding carboxylic acids is 2. The number of carbonyl (C=O) groups is 2. The molecule has 2 heterocycles. The van der Waals surface area contributed by atoms with E-state index in [9.17, 15) is 9.59 Å². The van der Waals surface area contributed by atoms with Gasteiger partial charge in [0, 0.05) is 30.2 Å². The Morgan fingerprint density at radius 1 is 0.933 bits per heavy atom. The maximum Gasteiger partial charge on any atom is 0.255 e. The molecule has 4 heteroatoms. The molecule has 0 atom stereocenters. The monoisotopic (exact) mass is 400 g/mol. The molecule has 1 aliphatic rings. The van der Waals surface area contributed by atoms with Crippen LogP contribution < -0.4 is 0 Å². The molecule has 1 amide bonds. The van der Waals surface area contributed by atoms with Crippen molar-refractivity contribution in [2.75, 3.05) is 13.1 Å². The minimum absolute atomic E-state index is 0.0500. The molecule has 1 saturated heterocycles. The first-order valence-electron chi connectivity index (χ1n) is 10.5. The van der Waals surface area contributed by atoms with E-state index in [1.807, 2.05) is 55.1 Å². The van der Waals surface area contributed by atoms with E-state index in [-0.39, 0.29) is 5.91 Å². The first-order valence-corrected chi connectivity index (χ1v) is 10.5. The van der Waals surface area contributed by atoms with Crippen LogP contribution in [-0.2, 0) is 10.2 Å². The zero-order valence-electron chi connectivity index (χ0n) is 17.9. The molecule has 4 nitrogen and oxygen atoms in total. The minimum Gasteiger partial charge on any atom is -0.338 e. The third kappa shape index (κ3) is 3.47. The number of aryl methyl sites for hydroxylation is 2. The second-order valence-electron chi connectivity index (χ2n) is 8.39. The van der Waals surface area contributed by atoms with Crippen LogP contribution in [-0.4, -0.2) is 34.7 Å². The summed E-state index contributed by atoms with van der Waals surface area (Å²) in [7, 11) is 0. The second-order valence-corrected chi connectivity index (χ2v) is 8.39. The lowest BCUT2D eigenvalue weighted by Crippen LogP contribution is -2.46. The Kier molecular flexibility index (Phi) is 5.33. The van der Waals surface area contributed by atoms with E-state index in [4.69, 9.17) is 0 Å². The van der Waals surface area contributed by atoms with Gasteiger partial charge in [-0.25, -0.2) is 0 Å². The molecule has 30 heavy (non-hydrogen) atoms. The maximum atomic E-state index is 13.3. The molecule has 3 aromatic rings. The molecule has 1 fully saturated rings. The highest BCUT2D eigenvalue weighted by Crippen LogP contribution is 2.34. The number of aldehydes is 1. The maximum absolute atomic E-state index is 13.3. The predicted octanol–water partition coefficient (Wildman–Crippen LogP) is 4.78. The summed E-state index contributed by atoms with van der Waals surface area (Å²) in [5.41, 5.74) is 5.58. The fourth-order valence-corrected chi connectivity index (χ4v) is 4.59. The molecule has 2 aromatic carbocycles. The summed E-state index contributed by atoms with van der Waals surface area (Å²) in [6, 6.07) is 20.3. The fourth-order valence-electron chi connectivity index (χ4n) is 4.59. The molecular formula is C26H28N2O2. The summed E-state index contributed by atoms with van der Waals surface area (Å²) in [5, 5.41) is 0. The molecule has 0 saturated carbocycles. The standard InChI is InChI=1S/C26H28N2O2/c1-19-9-11-23(12-10-19)28-20(2)17-24(21(28)3)25(30)27-15-13-26(18-29,14-16-27)22-7-5-4-6-8-22/h4-12,17-18H,13-16H2,1-3H3. The number of piperidine rings is 1. The Morgan fingerprint density at radius 2 is 1.57 bits per heavy atom. The molecule has 0 unspecified atom stereocenters. The predicted molar refractivity (Wildman–Crippen MR) is 119 cm³/mol. The third-order valence-electron chi connectivity index (χ3n) is 6.47. The first kappa shape index (κ1) is 20.1. The fraction of sp³-hybridized carbons (Fsp3) is 0.308. The van der Waals surface area contributed by atoms with Crippen LogP contribution in [0.25, 0.3) is 5.69 Å². The Hall–Kier alpha value is -3.14. The van der Waals surface area contributed by atoms with Crippen LogP contribution in [0.3, 0.4) is 0 Å². The molecule has 1 aromatic heterocycles. The van der Waals surface area contributed by atoms with Crippen molar-refractivity contribution in [3.8, 4) is 5.69 Å². The largest absolute Gasteiger partial charge is 0.338 e. The van der Waals surface area contributed by atoms with E-state index >= 15 is 0 Å². The van der Waals surface area contributed by atoms with Gasteiger partial charge in [-0.05, 0) is 57.4 Å². The molecule has 4 rings (SSSR count). The molecule has 1 aliphatic heterocycles. The van der Waals surface area contributed by atoms with Gasteiger partial charge >= 0.3 is 0 Å². The molecule has 0 bridgehead atoms. The van der Waals surface area contributed by atoms with Gasteiger partial charge < -0.3 is 14.3 Å². The topological polar surface area (TPSA) is 42.3 Å². The second kappa shape index (κ2) is 7.94. The van der Waals surface area contributed by atoms with Crippen LogP contribution in [0.2, 0.25) is 0 Å². The van der Waals surface area contributed by atoms with Crippen LogP contribution in [0.5, 0.6) is 0 Å². The highest BCUT2D eigenvalue weighted by molar-refractivity contribution is 5.96. The van der Waals surface area contributed by atoms with Gasteiger partial charge in [0.1, 0.15) is 6.29 Å². The van der Waals surface area contributed by atoms with E-state index < -0.39 is 5.41 Å². The average molecular weight is 401 g/mol. The van der Waals surface area contributed by atoms with Crippen LogP contribution in [0.4, 0.5) is 0 Å². The lowest BCUT2D eigenvalue weighted by molar-refractivity contribution is -0.114. The Balaban J connectivity index is 1.56. The van der Waals surface area contributed by atoms with E-state index in [1.165, 1.54) is 5.56 Å². The van der Waals surface area contributed by atoms with Gasteiger partial charge in [0.05, 0.1) is 11.0 Å². The number of rotatable bonds is 4. The zero-order chi connectivity index (χ0) is 21.3. The zero-order valence-corrected chi connectivity index (χ0v) is 17.9. The van der Waals surface area contributed by atoms with Crippen molar-refractivity contribution >= 4 is 12.2 Å². The quantitative estimate of drug-likeness (QED) is 0.592. The van der Waals surface area contributed by atoms with Gasteiger partial charge in [0.2, 0.25) is 0 Å². The lowest BCUT2D eigenvalue weighted by atomic mass is 9.74. The lowest BCUT2D eigenvalue weighted by Gasteiger charge is -2.38. The minimum atomic E-state index is -0.489. The number of benzene rings is 2. The van der Waals surface area contributed by atoms with E-state index in [0.29, 0.717) is 25.9 Å². The number of likely N-dealkylation sites (tertiary alicyclic amines) is 1. The van der Waals surface area contributed by atoms with Crippen molar-refractivity contribution in [2.24, 2.45) is 0 Å². The van der Waals surface area contributed by atoms with Crippen molar-refractivity contribution in [1.82, 2.24) is 9.47 Å². The summed E-state index contributed by atoms with van der Waals surface area (Å²) in [4.78, 5) is 27.2. The number of hydrogen-bond acceptors (Lipinski definition) is 2. The number of hydrogen-bond donors (Lipinski definition) is 0. The van der Waals surface area contributed by atoms with Crippen molar-refractivity contribution in [1.29, 1.82) is 0 Å². The first-order chi connectivity index (χ1) is 14.4. The van der Waals surface area contributed by atoms with Crippen LogP contribution in [0.1, 0.15) is 45.7 Å². The number of nitrogens with zero attached hydrogens (tertiary/aromatic N) is 2. The van der Waals surface area contributed by atoms with Crippen LogP contribution >= 0.6 is 0 Å². The summed E-state index contributed by atoms with van der Waals surface area (Å²) in [6.45, 7) is 7.27. The Morgan fingerprint density at radius 3 is 2.17 bits per heavy atom. The SMILES string of the molecule is Cc1ccc(-n2c(C)cc(C(=O)N3CCC(C=O)(c4ccccc4)CC3)c2C)cc1. The summed E-state index contributed by atoms with van der Waals surface area (Å²) in [5.74, 6) is 0.0500. The Labute approximate surface area is 178 Å².